The molecule has 21 heavy (non-hydrogen) atoms. The van der Waals surface area contributed by atoms with Gasteiger partial charge in [-0.15, -0.1) is 0 Å². The Balaban J connectivity index is 3.16. The van der Waals surface area contributed by atoms with Crippen LogP contribution in [0.1, 0.15) is 30.6 Å². The standard InChI is InChI=1S/C13H18Cl2N2O3S/c1-8(2)4-5-17(3)13(18)9-6-12(21(16,19)20)11(15)7-10(9)14/h6-8H,4-5H2,1-3H3,(H2,16,19,20). The van der Waals surface area contributed by atoms with Crippen LogP contribution in [-0.4, -0.2) is 32.8 Å². The summed E-state index contributed by atoms with van der Waals surface area (Å²) < 4.78 is 22.9. The smallest absolute Gasteiger partial charge is 0.255 e. The molecule has 1 aromatic carbocycles. The maximum absolute atomic E-state index is 12.3. The van der Waals surface area contributed by atoms with Crippen molar-refractivity contribution in [1.29, 1.82) is 0 Å². The third-order valence-corrected chi connectivity index (χ3v) is 4.64. The molecule has 0 aliphatic heterocycles. The molecular weight excluding hydrogens is 335 g/mol. The highest BCUT2D eigenvalue weighted by molar-refractivity contribution is 7.89. The minimum absolute atomic E-state index is 0.0661. The van der Waals surface area contributed by atoms with Crippen LogP contribution in [-0.2, 0) is 10.0 Å². The molecular formula is C13H18Cl2N2O3S. The molecule has 0 unspecified atom stereocenters. The number of nitrogens with two attached hydrogens (primary N) is 1. The van der Waals surface area contributed by atoms with E-state index in [2.05, 4.69) is 0 Å². The summed E-state index contributed by atoms with van der Waals surface area (Å²) in [7, 11) is -2.39. The summed E-state index contributed by atoms with van der Waals surface area (Å²) in [6, 6.07) is 2.33. The molecule has 0 heterocycles. The van der Waals surface area contributed by atoms with Crippen molar-refractivity contribution >= 4 is 39.1 Å². The van der Waals surface area contributed by atoms with Crippen molar-refractivity contribution < 1.29 is 13.2 Å². The largest absolute Gasteiger partial charge is 0.342 e. The SMILES string of the molecule is CC(C)CCN(C)C(=O)c1cc(S(N)(=O)=O)c(Cl)cc1Cl. The van der Waals surface area contributed by atoms with Crippen LogP contribution in [0.3, 0.4) is 0 Å². The number of hydrogen-bond donors (Lipinski definition) is 1. The molecule has 0 saturated heterocycles. The highest BCUT2D eigenvalue weighted by atomic mass is 35.5. The Hall–Kier alpha value is -0.820. The lowest BCUT2D eigenvalue weighted by molar-refractivity contribution is 0.0789. The van der Waals surface area contributed by atoms with Gasteiger partial charge in [0.1, 0.15) is 4.90 Å². The molecule has 0 atom stereocenters. The minimum Gasteiger partial charge on any atom is -0.342 e. The van der Waals surface area contributed by atoms with Gasteiger partial charge in [-0.2, -0.15) is 0 Å². The molecule has 118 valence electrons. The summed E-state index contributed by atoms with van der Waals surface area (Å²) >= 11 is 11.8. The number of rotatable bonds is 5. The number of nitrogens with zero attached hydrogens (tertiary/aromatic N) is 1. The summed E-state index contributed by atoms with van der Waals surface area (Å²) in [4.78, 5) is 13.5. The third-order valence-electron chi connectivity index (χ3n) is 2.95. The highest BCUT2D eigenvalue weighted by Crippen LogP contribution is 2.28. The number of halogens is 2. The molecule has 0 fully saturated rings. The van der Waals surface area contributed by atoms with E-state index in [9.17, 15) is 13.2 Å². The van der Waals surface area contributed by atoms with Crippen LogP contribution in [0.25, 0.3) is 0 Å². The molecule has 0 bridgehead atoms. The van der Waals surface area contributed by atoms with E-state index in [0.717, 1.165) is 12.5 Å². The maximum atomic E-state index is 12.3. The molecule has 2 N–H and O–H groups in total. The fraction of sp³-hybridized carbons (Fsp3) is 0.462. The van der Waals surface area contributed by atoms with Crippen LogP contribution < -0.4 is 5.14 Å². The van der Waals surface area contributed by atoms with Gasteiger partial charge in [0.05, 0.1) is 15.6 Å². The molecule has 1 aromatic rings. The van der Waals surface area contributed by atoms with Crippen molar-refractivity contribution in [1.82, 2.24) is 4.90 Å². The van der Waals surface area contributed by atoms with E-state index in [-0.39, 0.29) is 26.4 Å². The van der Waals surface area contributed by atoms with Gasteiger partial charge >= 0.3 is 0 Å². The van der Waals surface area contributed by atoms with Crippen molar-refractivity contribution in [3.8, 4) is 0 Å². The number of amides is 1. The first-order chi connectivity index (χ1) is 9.54. The predicted molar refractivity (Wildman–Crippen MR) is 84.3 cm³/mol. The molecule has 0 aliphatic carbocycles. The Morgan fingerprint density at radius 1 is 1.29 bits per heavy atom. The van der Waals surface area contributed by atoms with Gasteiger partial charge in [-0.3, -0.25) is 4.79 Å². The normalized spacial score (nSPS) is 11.8. The average molecular weight is 353 g/mol. The Labute approximate surface area is 135 Å². The number of carbonyl (C=O) groups is 1. The lowest BCUT2D eigenvalue weighted by atomic mass is 10.1. The van der Waals surface area contributed by atoms with Crippen molar-refractivity contribution in [3.63, 3.8) is 0 Å². The lowest BCUT2D eigenvalue weighted by Crippen LogP contribution is -2.29. The van der Waals surface area contributed by atoms with Gasteiger partial charge in [-0.05, 0) is 24.5 Å². The number of benzene rings is 1. The Kier molecular flexibility index (Phi) is 6.04. The van der Waals surface area contributed by atoms with Crippen LogP contribution in [0.4, 0.5) is 0 Å². The topological polar surface area (TPSA) is 80.5 Å². The van der Waals surface area contributed by atoms with Crippen LogP contribution in [0, 0.1) is 5.92 Å². The Bertz CT molecular complexity index is 645. The van der Waals surface area contributed by atoms with E-state index >= 15 is 0 Å². The zero-order valence-electron chi connectivity index (χ0n) is 12.1. The quantitative estimate of drug-likeness (QED) is 0.884. The molecule has 5 nitrogen and oxygen atoms in total. The summed E-state index contributed by atoms with van der Waals surface area (Å²) in [5.41, 5.74) is 0.0661. The van der Waals surface area contributed by atoms with E-state index in [0.29, 0.717) is 12.5 Å². The van der Waals surface area contributed by atoms with Crippen molar-refractivity contribution in [2.24, 2.45) is 11.1 Å². The van der Waals surface area contributed by atoms with Gasteiger partial charge in [0.15, 0.2) is 0 Å². The van der Waals surface area contributed by atoms with E-state index in [1.165, 1.54) is 11.0 Å². The number of hydrogen-bond acceptors (Lipinski definition) is 3. The second-order valence-corrected chi connectivity index (χ2v) is 7.56. The molecule has 0 saturated carbocycles. The molecule has 0 spiro atoms. The van der Waals surface area contributed by atoms with E-state index in [4.69, 9.17) is 28.3 Å². The van der Waals surface area contributed by atoms with Crippen LogP contribution in [0.5, 0.6) is 0 Å². The third kappa shape index (κ3) is 4.85. The van der Waals surface area contributed by atoms with E-state index in [1.807, 2.05) is 13.8 Å². The molecule has 0 aliphatic rings. The summed E-state index contributed by atoms with van der Waals surface area (Å²) in [6.45, 7) is 4.64. The second-order valence-electron chi connectivity index (χ2n) is 5.22. The molecule has 8 heteroatoms. The molecule has 0 aromatic heterocycles. The van der Waals surface area contributed by atoms with E-state index < -0.39 is 10.0 Å². The molecule has 1 rings (SSSR count). The van der Waals surface area contributed by atoms with Gasteiger partial charge < -0.3 is 4.90 Å². The zero-order chi connectivity index (χ0) is 16.4. The summed E-state index contributed by atoms with van der Waals surface area (Å²) in [5, 5.41) is 5.05. The van der Waals surface area contributed by atoms with Gasteiger partial charge in [0, 0.05) is 13.6 Å². The summed E-state index contributed by atoms with van der Waals surface area (Å²) in [6.07, 6.45) is 0.829. The van der Waals surface area contributed by atoms with Gasteiger partial charge in [0.25, 0.3) is 5.91 Å². The van der Waals surface area contributed by atoms with E-state index in [1.54, 1.807) is 7.05 Å². The lowest BCUT2D eigenvalue weighted by Gasteiger charge is -2.19. The van der Waals surface area contributed by atoms with Crippen LogP contribution in [0.2, 0.25) is 10.0 Å². The van der Waals surface area contributed by atoms with Gasteiger partial charge in [0.2, 0.25) is 10.0 Å². The van der Waals surface area contributed by atoms with Crippen molar-refractivity contribution in [2.45, 2.75) is 25.2 Å². The summed E-state index contributed by atoms with van der Waals surface area (Å²) in [5.74, 6) is 0.0723. The maximum Gasteiger partial charge on any atom is 0.255 e. The monoisotopic (exact) mass is 352 g/mol. The van der Waals surface area contributed by atoms with Gasteiger partial charge in [-0.25, -0.2) is 13.6 Å². The Morgan fingerprint density at radius 2 is 1.86 bits per heavy atom. The number of primary sulfonamides is 1. The second kappa shape index (κ2) is 6.96. The van der Waals surface area contributed by atoms with Crippen LogP contribution >= 0.6 is 23.2 Å². The fourth-order valence-corrected chi connectivity index (χ4v) is 3.07. The fourth-order valence-electron chi connectivity index (χ4n) is 1.67. The van der Waals surface area contributed by atoms with Crippen molar-refractivity contribution in [3.05, 3.63) is 27.7 Å². The minimum atomic E-state index is -4.02. The first-order valence-corrected chi connectivity index (χ1v) is 8.61. The number of sulfonamides is 1. The zero-order valence-corrected chi connectivity index (χ0v) is 14.4. The van der Waals surface area contributed by atoms with Crippen molar-refractivity contribution in [2.75, 3.05) is 13.6 Å². The molecule has 1 amide bonds. The first-order valence-electron chi connectivity index (χ1n) is 6.31. The molecule has 0 radical (unpaired) electrons. The number of carbonyl (C=O) groups excluding carboxylic acids is 1. The van der Waals surface area contributed by atoms with Gasteiger partial charge in [-0.1, -0.05) is 37.0 Å². The first kappa shape index (κ1) is 18.2. The highest BCUT2D eigenvalue weighted by Gasteiger charge is 2.21. The Morgan fingerprint density at radius 3 is 2.33 bits per heavy atom. The average Bonchev–Trinajstić information content (AvgIpc) is 2.33. The van der Waals surface area contributed by atoms with Crippen LogP contribution in [0.15, 0.2) is 17.0 Å². The predicted octanol–water partition coefficient (Wildman–Crippen LogP) is 2.76.